The van der Waals surface area contributed by atoms with Crippen molar-refractivity contribution in [2.75, 3.05) is 18.6 Å². The molecule has 4 heteroatoms. The molecule has 0 aromatic heterocycles. The smallest absolute Gasteiger partial charge is 0.158 e. The molecule has 0 saturated carbocycles. The van der Waals surface area contributed by atoms with Crippen molar-refractivity contribution < 1.29 is 13.2 Å². The van der Waals surface area contributed by atoms with Gasteiger partial charge in [0.2, 0.25) is 0 Å². The summed E-state index contributed by atoms with van der Waals surface area (Å²) in [7, 11) is -1.28. The molecule has 1 heterocycles. The third kappa shape index (κ3) is 2.21. The minimum absolute atomic E-state index is 0.152. The molecule has 0 radical (unpaired) electrons. The molecule has 0 bridgehead atoms. The molecule has 3 nitrogen and oxygen atoms in total. The summed E-state index contributed by atoms with van der Waals surface area (Å²) >= 11 is 0. The summed E-state index contributed by atoms with van der Waals surface area (Å²) in [5.41, 5.74) is 1.84. The fourth-order valence-corrected chi connectivity index (χ4v) is 2.92. The topological polar surface area (TPSA) is 43.4 Å². The lowest BCUT2D eigenvalue weighted by molar-refractivity contribution is 0.415. The zero-order valence-corrected chi connectivity index (χ0v) is 9.25. The van der Waals surface area contributed by atoms with Gasteiger partial charge in [-0.1, -0.05) is 18.2 Å². The Balaban J connectivity index is 2.25. The van der Waals surface area contributed by atoms with Crippen LogP contribution in [0.15, 0.2) is 30.3 Å². The first-order valence-corrected chi connectivity index (χ1v) is 6.47. The summed E-state index contributed by atoms with van der Waals surface area (Å²) in [6, 6.07) is 7.43. The average molecular weight is 224 g/mol. The molecule has 15 heavy (non-hydrogen) atoms. The zero-order chi connectivity index (χ0) is 10.9. The molecule has 0 spiro atoms. The second-order valence-corrected chi connectivity index (χ2v) is 5.62. The van der Waals surface area contributed by atoms with E-state index < -0.39 is 9.84 Å². The first-order valence-electron chi connectivity index (χ1n) is 4.64. The van der Waals surface area contributed by atoms with Crippen molar-refractivity contribution in [2.45, 2.75) is 0 Å². The highest BCUT2D eigenvalue weighted by atomic mass is 32.2. The molecule has 0 fully saturated rings. The molecule has 0 unspecified atom stereocenters. The lowest BCUT2D eigenvalue weighted by atomic mass is 10.1. The van der Waals surface area contributed by atoms with Crippen molar-refractivity contribution in [3.8, 4) is 5.75 Å². The van der Waals surface area contributed by atoms with E-state index in [1.807, 2.05) is 24.3 Å². The van der Waals surface area contributed by atoms with Crippen LogP contribution >= 0.6 is 0 Å². The molecule has 1 aromatic carbocycles. The summed E-state index contributed by atoms with van der Waals surface area (Å²) in [5.74, 6) is 1.09. The second-order valence-electron chi connectivity index (χ2n) is 3.51. The van der Waals surface area contributed by atoms with Crippen LogP contribution < -0.4 is 4.74 Å². The van der Waals surface area contributed by atoms with Crippen LogP contribution in [0.1, 0.15) is 5.56 Å². The van der Waals surface area contributed by atoms with Crippen molar-refractivity contribution in [1.82, 2.24) is 0 Å². The highest BCUT2D eigenvalue weighted by molar-refractivity contribution is 7.92. The maximum Gasteiger partial charge on any atom is 0.158 e. The first-order chi connectivity index (χ1) is 7.11. The highest BCUT2D eigenvalue weighted by Gasteiger charge is 2.20. The Hall–Kier alpha value is -1.29. The van der Waals surface area contributed by atoms with Crippen molar-refractivity contribution in [2.24, 2.45) is 0 Å². The molecule has 0 amide bonds. The van der Waals surface area contributed by atoms with E-state index in [0.29, 0.717) is 0 Å². The third-order valence-electron chi connectivity index (χ3n) is 2.42. The van der Waals surface area contributed by atoms with E-state index in [-0.39, 0.29) is 11.5 Å². The third-order valence-corrected chi connectivity index (χ3v) is 3.85. The minimum atomic E-state index is -2.88. The molecule has 1 aliphatic heterocycles. The normalized spacial score (nSPS) is 18.6. The predicted octanol–water partition coefficient (Wildman–Crippen LogP) is 1.51. The summed E-state index contributed by atoms with van der Waals surface area (Å²) in [6.07, 6.45) is 1.77. The largest absolute Gasteiger partial charge is 0.497 e. The average Bonchev–Trinajstić information content (AvgIpc) is 2.59. The van der Waals surface area contributed by atoms with E-state index in [2.05, 4.69) is 0 Å². The molecule has 1 aliphatic rings. The van der Waals surface area contributed by atoms with Gasteiger partial charge >= 0.3 is 0 Å². The van der Waals surface area contributed by atoms with Crippen LogP contribution in [-0.4, -0.2) is 27.0 Å². The Morgan fingerprint density at radius 2 is 1.87 bits per heavy atom. The predicted molar refractivity (Wildman–Crippen MR) is 59.6 cm³/mol. The van der Waals surface area contributed by atoms with E-state index in [9.17, 15) is 8.42 Å². The van der Waals surface area contributed by atoms with E-state index in [4.69, 9.17) is 4.74 Å². The summed E-state index contributed by atoms with van der Waals surface area (Å²) < 4.78 is 27.6. The lowest BCUT2D eigenvalue weighted by Crippen LogP contribution is -2.02. The second kappa shape index (κ2) is 3.70. The fourth-order valence-electron chi connectivity index (χ4n) is 1.59. The Kier molecular flexibility index (Phi) is 2.52. The van der Waals surface area contributed by atoms with Crippen LogP contribution in [0, 0.1) is 0 Å². The van der Waals surface area contributed by atoms with Crippen molar-refractivity contribution >= 4 is 15.4 Å². The van der Waals surface area contributed by atoms with E-state index in [1.54, 1.807) is 13.2 Å². The van der Waals surface area contributed by atoms with Gasteiger partial charge in [0, 0.05) is 0 Å². The Labute approximate surface area is 89.3 Å². The number of ether oxygens (including phenoxy) is 1. The van der Waals surface area contributed by atoms with Gasteiger partial charge in [0.25, 0.3) is 0 Å². The van der Waals surface area contributed by atoms with Gasteiger partial charge in [0.1, 0.15) is 5.75 Å². The van der Waals surface area contributed by atoms with E-state index >= 15 is 0 Å². The van der Waals surface area contributed by atoms with Gasteiger partial charge in [0.15, 0.2) is 9.84 Å². The van der Waals surface area contributed by atoms with Crippen LogP contribution in [0.4, 0.5) is 0 Å². The highest BCUT2D eigenvalue weighted by Crippen LogP contribution is 2.24. The van der Waals surface area contributed by atoms with Crippen LogP contribution in [-0.2, 0) is 9.84 Å². The molecule has 0 N–H and O–H groups in total. The molecule has 0 saturated heterocycles. The van der Waals surface area contributed by atoms with Gasteiger partial charge in [-0.25, -0.2) is 8.42 Å². The molecule has 80 valence electrons. The molecular weight excluding hydrogens is 212 g/mol. The number of hydrogen-bond donors (Lipinski definition) is 0. The van der Waals surface area contributed by atoms with Crippen LogP contribution in [0.3, 0.4) is 0 Å². The van der Waals surface area contributed by atoms with Crippen LogP contribution in [0.5, 0.6) is 5.75 Å². The van der Waals surface area contributed by atoms with Gasteiger partial charge in [-0.15, -0.1) is 0 Å². The molecule has 0 atom stereocenters. The van der Waals surface area contributed by atoms with Crippen molar-refractivity contribution in [3.63, 3.8) is 0 Å². The quantitative estimate of drug-likeness (QED) is 0.764. The fraction of sp³-hybridized carbons (Fsp3) is 0.273. The van der Waals surface area contributed by atoms with Gasteiger partial charge < -0.3 is 4.74 Å². The summed E-state index contributed by atoms with van der Waals surface area (Å²) in [4.78, 5) is 0. The van der Waals surface area contributed by atoms with Crippen molar-refractivity contribution in [1.29, 1.82) is 0 Å². The number of rotatable bonds is 2. The summed E-state index contributed by atoms with van der Waals surface area (Å²) in [6.45, 7) is 0. The Morgan fingerprint density at radius 1 is 1.20 bits per heavy atom. The van der Waals surface area contributed by atoms with Gasteiger partial charge in [0.05, 0.1) is 18.6 Å². The van der Waals surface area contributed by atoms with Gasteiger partial charge in [-0.2, -0.15) is 0 Å². The molecule has 2 rings (SSSR count). The lowest BCUT2D eigenvalue weighted by Gasteiger charge is -2.03. The van der Waals surface area contributed by atoms with E-state index in [1.165, 1.54) is 0 Å². The monoisotopic (exact) mass is 224 g/mol. The number of sulfone groups is 1. The Morgan fingerprint density at radius 3 is 2.33 bits per heavy atom. The molecule has 1 aromatic rings. The molecular formula is C11H12O3S. The van der Waals surface area contributed by atoms with Crippen LogP contribution in [0.2, 0.25) is 0 Å². The van der Waals surface area contributed by atoms with E-state index in [0.717, 1.165) is 16.9 Å². The number of benzene rings is 1. The SMILES string of the molecule is COc1ccc(C2=CCS(=O)(=O)C2)cc1. The van der Waals surface area contributed by atoms with Crippen molar-refractivity contribution in [3.05, 3.63) is 35.9 Å². The number of hydrogen-bond acceptors (Lipinski definition) is 3. The van der Waals surface area contributed by atoms with Gasteiger partial charge in [-0.3, -0.25) is 0 Å². The Bertz CT molecular complexity index is 483. The zero-order valence-electron chi connectivity index (χ0n) is 8.43. The first kappa shape index (κ1) is 10.2. The van der Waals surface area contributed by atoms with Gasteiger partial charge in [-0.05, 0) is 23.3 Å². The summed E-state index contributed by atoms with van der Waals surface area (Å²) in [5, 5.41) is 0. The number of methoxy groups -OCH3 is 1. The minimum Gasteiger partial charge on any atom is -0.497 e. The maximum absolute atomic E-state index is 11.3. The maximum atomic E-state index is 11.3. The standard InChI is InChI=1S/C11H12O3S/c1-14-11-4-2-9(3-5-11)10-6-7-15(12,13)8-10/h2-6H,7-8H2,1H3. The van der Waals surface area contributed by atoms with Crippen LogP contribution in [0.25, 0.3) is 5.57 Å². The molecule has 0 aliphatic carbocycles.